The van der Waals surface area contributed by atoms with E-state index >= 15 is 0 Å². The average molecular weight is 241 g/mol. The number of rotatable bonds is 3. The molecule has 0 fully saturated rings. The number of nitrogen functional groups attached to an aromatic ring is 1. The van der Waals surface area contributed by atoms with Crippen LogP contribution in [0.3, 0.4) is 0 Å². The molecule has 1 rings (SSSR count). The molecule has 5 nitrogen and oxygen atoms in total. The van der Waals surface area contributed by atoms with Gasteiger partial charge in [-0.25, -0.2) is 0 Å². The van der Waals surface area contributed by atoms with Gasteiger partial charge in [0.1, 0.15) is 0 Å². The number of nitro benzene ring substituents is 1. The summed E-state index contributed by atoms with van der Waals surface area (Å²) in [5, 5.41) is 10.7. The van der Waals surface area contributed by atoms with Crippen molar-refractivity contribution in [1.29, 1.82) is 0 Å². The number of nitrogens with one attached hydrogen (secondary N) is 1. The minimum atomic E-state index is -0.423. The summed E-state index contributed by atoms with van der Waals surface area (Å²) in [6.45, 7) is 6.14. The highest BCUT2D eigenvalue weighted by Gasteiger charge is 2.16. The molecule has 0 heterocycles. The monoisotopic (exact) mass is 241 g/mol. The molecule has 0 aliphatic rings. The van der Waals surface area contributed by atoms with Gasteiger partial charge in [0, 0.05) is 21.8 Å². The third-order valence-electron chi connectivity index (χ3n) is 1.69. The van der Waals surface area contributed by atoms with Gasteiger partial charge >= 0.3 is 0 Å². The fraction of sp³-hybridized carbons (Fsp3) is 0.400. The maximum absolute atomic E-state index is 10.7. The van der Waals surface area contributed by atoms with Crippen molar-refractivity contribution in [3.05, 3.63) is 28.3 Å². The van der Waals surface area contributed by atoms with E-state index in [1.807, 2.05) is 20.8 Å². The first-order valence-electron chi connectivity index (χ1n) is 4.77. The largest absolute Gasteiger partial charge is 0.324 e. The lowest BCUT2D eigenvalue weighted by Crippen LogP contribution is -2.09. The van der Waals surface area contributed by atoms with Crippen molar-refractivity contribution in [1.82, 2.24) is 0 Å². The van der Waals surface area contributed by atoms with Gasteiger partial charge in [-0.3, -0.25) is 16.0 Å². The molecule has 0 radical (unpaired) electrons. The molecular weight excluding hydrogens is 226 g/mol. The topological polar surface area (TPSA) is 81.2 Å². The second-order valence-electron chi connectivity index (χ2n) is 4.33. The number of nitro groups is 1. The molecule has 0 amide bonds. The molecule has 0 aromatic heterocycles. The highest BCUT2D eigenvalue weighted by Crippen LogP contribution is 2.35. The molecule has 0 spiro atoms. The SMILES string of the molecule is CC(C)(C)Sc1cc(NN)cc([N+](=O)[O-])c1. The van der Waals surface area contributed by atoms with E-state index in [4.69, 9.17) is 5.84 Å². The number of nitrogens with two attached hydrogens (primary N) is 1. The third-order valence-corrected chi connectivity index (χ3v) is 2.78. The zero-order valence-corrected chi connectivity index (χ0v) is 10.3. The average Bonchev–Trinajstić information content (AvgIpc) is 2.14. The van der Waals surface area contributed by atoms with Gasteiger partial charge in [-0.05, 0) is 6.07 Å². The summed E-state index contributed by atoms with van der Waals surface area (Å²) in [5.74, 6) is 5.27. The number of anilines is 1. The van der Waals surface area contributed by atoms with Crippen LogP contribution >= 0.6 is 11.8 Å². The lowest BCUT2D eigenvalue weighted by atomic mass is 10.2. The molecule has 88 valence electrons. The predicted octanol–water partition coefficient (Wildman–Crippen LogP) is 2.77. The van der Waals surface area contributed by atoms with Crippen LogP contribution in [0, 0.1) is 10.1 Å². The first-order valence-corrected chi connectivity index (χ1v) is 5.58. The molecule has 16 heavy (non-hydrogen) atoms. The van der Waals surface area contributed by atoms with E-state index in [1.54, 1.807) is 23.9 Å². The summed E-state index contributed by atoms with van der Waals surface area (Å²) < 4.78 is 0.00108. The van der Waals surface area contributed by atoms with Gasteiger partial charge in [0.05, 0.1) is 10.6 Å². The van der Waals surface area contributed by atoms with Gasteiger partial charge < -0.3 is 5.43 Å². The van der Waals surface area contributed by atoms with Crippen LogP contribution in [0.25, 0.3) is 0 Å². The standard InChI is InChI=1S/C10H15N3O2S/c1-10(2,3)16-9-5-7(12-11)4-8(6-9)13(14)15/h4-6,12H,11H2,1-3H3. The normalized spacial score (nSPS) is 11.2. The third kappa shape index (κ3) is 3.71. The van der Waals surface area contributed by atoms with Gasteiger partial charge in [0.15, 0.2) is 0 Å². The van der Waals surface area contributed by atoms with E-state index in [2.05, 4.69) is 5.43 Å². The quantitative estimate of drug-likeness (QED) is 0.368. The number of non-ortho nitro benzene ring substituents is 1. The minimum Gasteiger partial charge on any atom is -0.324 e. The second-order valence-corrected chi connectivity index (χ2v) is 6.23. The Morgan fingerprint density at radius 1 is 1.38 bits per heavy atom. The number of benzene rings is 1. The highest BCUT2D eigenvalue weighted by molar-refractivity contribution is 8.00. The van der Waals surface area contributed by atoms with Crippen LogP contribution < -0.4 is 11.3 Å². The summed E-state index contributed by atoms with van der Waals surface area (Å²) in [6.07, 6.45) is 0. The number of hydrogen-bond acceptors (Lipinski definition) is 5. The number of thioether (sulfide) groups is 1. The fourth-order valence-corrected chi connectivity index (χ4v) is 2.26. The van der Waals surface area contributed by atoms with Crippen molar-refractivity contribution in [3.8, 4) is 0 Å². The van der Waals surface area contributed by atoms with Crippen LogP contribution in [-0.2, 0) is 0 Å². The summed E-state index contributed by atoms with van der Waals surface area (Å²) in [5.41, 5.74) is 3.02. The molecule has 0 saturated heterocycles. The number of hydrazine groups is 1. The molecule has 0 atom stereocenters. The Hall–Kier alpha value is -1.27. The van der Waals surface area contributed by atoms with Crippen molar-refractivity contribution in [2.45, 2.75) is 30.4 Å². The molecule has 0 saturated carbocycles. The van der Waals surface area contributed by atoms with Crippen molar-refractivity contribution >= 4 is 23.1 Å². The van der Waals surface area contributed by atoms with Crippen LogP contribution in [0.2, 0.25) is 0 Å². The maximum Gasteiger partial charge on any atom is 0.272 e. The second kappa shape index (κ2) is 4.71. The zero-order chi connectivity index (χ0) is 12.3. The number of nitrogens with zero attached hydrogens (tertiary/aromatic N) is 1. The van der Waals surface area contributed by atoms with Crippen LogP contribution in [0.15, 0.2) is 23.1 Å². The van der Waals surface area contributed by atoms with E-state index in [-0.39, 0.29) is 10.4 Å². The zero-order valence-electron chi connectivity index (χ0n) is 9.48. The molecule has 1 aromatic rings. The van der Waals surface area contributed by atoms with Gasteiger partial charge in [0.25, 0.3) is 5.69 Å². The van der Waals surface area contributed by atoms with Crippen molar-refractivity contribution in [2.24, 2.45) is 5.84 Å². The maximum atomic E-state index is 10.7. The fourth-order valence-electron chi connectivity index (χ4n) is 1.18. The Kier molecular flexibility index (Phi) is 3.77. The van der Waals surface area contributed by atoms with Crippen molar-refractivity contribution < 1.29 is 4.92 Å². The molecule has 0 bridgehead atoms. The summed E-state index contributed by atoms with van der Waals surface area (Å²) >= 11 is 1.56. The van der Waals surface area contributed by atoms with E-state index < -0.39 is 4.92 Å². The van der Waals surface area contributed by atoms with Gasteiger partial charge in [-0.15, -0.1) is 11.8 Å². The van der Waals surface area contributed by atoms with Gasteiger partial charge in [-0.2, -0.15) is 0 Å². The smallest absolute Gasteiger partial charge is 0.272 e. The molecule has 6 heteroatoms. The predicted molar refractivity (Wildman–Crippen MR) is 66.5 cm³/mol. The highest BCUT2D eigenvalue weighted by atomic mass is 32.2. The summed E-state index contributed by atoms with van der Waals surface area (Å²) in [4.78, 5) is 11.1. The van der Waals surface area contributed by atoms with Crippen LogP contribution in [0.1, 0.15) is 20.8 Å². The van der Waals surface area contributed by atoms with Crippen molar-refractivity contribution in [2.75, 3.05) is 5.43 Å². The molecule has 3 N–H and O–H groups in total. The Balaban J connectivity index is 3.09. The molecule has 0 aliphatic heterocycles. The lowest BCUT2D eigenvalue weighted by molar-refractivity contribution is -0.385. The van der Waals surface area contributed by atoms with Crippen LogP contribution in [0.4, 0.5) is 11.4 Å². The first-order chi connectivity index (χ1) is 7.31. The Morgan fingerprint density at radius 2 is 2.00 bits per heavy atom. The van der Waals surface area contributed by atoms with Crippen LogP contribution in [0.5, 0.6) is 0 Å². The summed E-state index contributed by atoms with van der Waals surface area (Å²) in [6, 6.07) is 4.76. The molecule has 1 aromatic carbocycles. The Labute approximate surface area is 98.5 Å². The first kappa shape index (κ1) is 12.8. The Bertz CT molecular complexity index is 402. The van der Waals surface area contributed by atoms with Gasteiger partial charge in [-0.1, -0.05) is 20.8 Å². The molecule has 0 unspecified atom stereocenters. The van der Waals surface area contributed by atoms with Gasteiger partial charge in [0.2, 0.25) is 0 Å². The van der Waals surface area contributed by atoms with Crippen molar-refractivity contribution in [3.63, 3.8) is 0 Å². The molecule has 0 aliphatic carbocycles. The lowest BCUT2D eigenvalue weighted by Gasteiger charge is -2.17. The van der Waals surface area contributed by atoms with E-state index in [0.29, 0.717) is 5.69 Å². The minimum absolute atomic E-state index is 0.00108. The van der Waals surface area contributed by atoms with E-state index in [1.165, 1.54) is 6.07 Å². The van der Waals surface area contributed by atoms with E-state index in [9.17, 15) is 10.1 Å². The van der Waals surface area contributed by atoms with E-state index in [0.717, 1.165) is 4.90 Å². The summed E-state index contributed by atoms with van der Waals surface area (Å²) in [7, 11) is 0. The number of hydrogen-bond donors (Lipinski definition) is 2. The molecular formula is C10H15N3O2S. The Morgan fingerprint density at radius 3 is 2.44 bits per heavy atom. The van der Waals surface area contributed by atoms with Crippen LogP contribution in [-0.4, -0.2) is 9.67 Å².